The molecule has 0 unspecified atom stereocenters. The zero-order valence-electron chi connectivity index (χ0n) is 20.6. The third kappa shape index (κ3) is 5.80. The normalized spacial score (nSPS) is 12.7. The Balaban J connectivity index is 2.01. The van der Waals surface area contributed by atoms with Crippen LogP contribution in [0.2, 0.25) is 0 Å². The summed E-state index contributed by atoms with van der Waals surface area (Å²) >= 11 is 0. The number of nitrogens with zero attached hydrogens (tertiary/aromatic N) is 1. The minimum absolute atomic E-state index is 0.0478. The van der Waals surface area contributed by atoms with Crippen LogP contribution in [0, 0.1) is 12.7 Å². The zero-order chi connectivity index (χ0) is 27.5. The zero-order valence-corrected chi connectivity index (χ0v) is 17.6. The molecule has 3 aromatic rings. The number of carbonyl (C=O) groups is 2. The van der Waals surface area contributed by atoms with E-state index in [0.717, 1.165) is 12.1 Å². The van der Waals surface area contributed by atoms with Crippen molar-refractivity contribution >= 4 is 17.5 Å². The molecule has 0 aliphatic rings. The minimum atomic E-state index is -5.07. The summed E-state index contributed by atoms with van der Waals surface area (Å²) in [5.41, 5.74) is -0.520. The number of alkyl halides is 3. The summed E-state index contributed by atoms with van der Waals surface area (Å²) < 4.78 is 88.8. The highest BCUT2D eigenvalue weighted by Gasteiger charge is 2.31. The molecular formula is C23H18F4N2O5. The third-order valence-electron chi connectivity index (χ3n) is 4.35. The highest BCUT2D eigenvalue weighted by Crippen LogP contribution is 2.38. The van der Waals surface area contributed by atoms with Crippen molar-refractivity contribution in [3.05, 3.63) is 71.2 Å². The van der Waals surface area contributed by atoms with Crippen molar-refractivity contribution in [1.82, 2.24) is 4.98 Å². The van der Waals surface area contributed by atoms with Gasteiger partial charge in [0.1, 0.15) is 34.4 Å². The van der Waals surface area contributed by atoms with Crippen molar-refractivity contribution < 1.29 is 45.5 Å². The first kappa shape index (κ1) is 20.5. The maximum atomic E-state index is 15.1. The fourth-order valence-electron chi connectivity index (χ4n) is 2.81. The monoisotopic (exact) mass is 481 g/mol. The molecule has 11 heteroatoms. The number of Topliss-reactive ketones (excluding diaryl/α,β-unsaturated/α-hetero) is 1. The van der Waals surface area contributed by atoms with Gasteiger partial charge in [-0.3, -0.25) is 9.59 Å². The topological polar surface area (TPSA) is 86.8 Å². The summed E-state index contributed by atoms with van der Waals surface area (Å²) in [5, 5.41) is 2.35. The summed E-state index contributed by atoms with van der Waals surface area (Å²) in [6.45, 7) is 2.64. The summed E-state index contributed by atoms with van der Waals surface area (Å²) in [7, 11) is -3.10. The van der Waals surface area contributed by atoms with Crippen molar-refractivity contribution in [3.8, 4) is 23.0 Å². The number of benzene rings is 2. The van der Waals surface area contributed by atoms with Gasteiger partial charge in [0.2, 0.25) is 0 Å². The Labute approximate surface area is 195 Å². The van der Waals surface area contributed by atoms with E-state index in [2.05, 4.69) is 15.0 Å². The molecule has 3 rings (SSSR count). The van der Waals surface area contributed by atoms with Crippen LogP contribution in [0.3, 0.4) is 0 Å². The van der Waals surface area contributed by atoms with Gasteiger partial charge in [-0.15, -0.1) is 13.2 Å². The molecule has 1 aromatic heterocycles. The second-order valence-corrected chi connectivity index (χ2v) is 6.85. The van der Waals surface area contributed by atoms with E-state index in [-0.39, 0.29) is 22.9 Å². The van der Waals surface area contributed by atoms with E-state index in [4.69, 9.17) is 13.6 Å². The Kier molecular flexibility index (Phi) is 5.88. The number of halogens is 4. The van der Waals surface area contributed by atoms with Crippen LogP contribution in [-0.2, 0) is 0 Å². The lowest BCUT2D eigenvalue weighted by atomic mass is 10.1. The second-order valence-electron chi connectivity index (χ2n) is 6.85. The van der Waals surface area contributed by atoms with Gasteiger partial charge in [-0.1, -0.05) is 12.1 Å². The first-order chi connectivity index (χ1) is 17.1. The number of aromatic nitrogens is 1. The predicted octanol–water partition coefficient (Wildman–Crippen LogP) is 5.68. The number of nitrogens with one attached hydrogen (secondary N) is 1. The summed E-state index contributed by atoms with van der Waals surface area (Å²) in [6.07, 6.45) is -5.07. The Morgan fingerprint density at radius 2 is 1.79 bits per heavy atom. The number of rotatable bonds is 7. The molecule has 1 heterocycles. The van der Waals surface area contributed by atoms with Crippen molar-refractivity contribution in [3.63, 3.8) is 0 Å². The molecule has 34 heavy (non-hydrogen) atoms. The van der Waals surface area contributed by atoms with E-state index in [1.54, 1.807) is 0 Å². The fraction of sp³-hybridized carbons (Fsp3) is 0.174. The number of hydrogen-bond acceptors (Lipinski definition) is 6. The number of hydrogen-bond donors (Lipinski definition) is 1. The Hall–Kier alpha value is -4.15. The van der Waals surface area contributed by atoms with Crippen molar-refractivity contribution in [2.75, 3.05) is 12.4 Å². The SMILES string of the molecule is [2H]C([2H])([2H])Oc1cc(OC(F)(F)F)ccc1Oc1ccc(C)c(F)c1C(=O)Nc1cccc(C(C)=O)n1. The van der Waals surface area contributed by atoms with Crippen LogP contribution in [0.1, 0.15) is 37.4 Å². The van der Waals surface area contributed by atoms with Gasteiger partial charge in [0.25, 0.3) is 5.91 Å². The van der Waals surface area contributed by atoms with Crippen LogP contribution in [0.25, 0.3) is 0 Å². The highest BCUT2D eigenvalue weighted by molar-refractivity contribution is 6.06. The van der Waals surface area contributed by atoms with Gasteiger partial charge in [-0.2, -0.15) is 0 Å². The molecule has 7 nitrogen and oxygen atoms in total. The standard InChI is InChI=1S/C23H18F4N2O5/c1-12-7-9-17(33-16-10-8-14(11-18(16)32-3)34-23(25,26)27)20(21(12)24)22(31)29-19-6-4-5-15(28-19)13(2)30/h4-11H,1-3H3,(H,28,29,31)/i3D3. The lowest BCUT2D eigenvalue weighted by Crippen LogP contribution is -2.17. The lowest BCUT2D eigenvalue weighted by molar-refractivity contribution is -0.274. The summed E-state index contributed by atoms with van der Waals surface area (Å²) in [4.78, 5) is 28.5. The molecular weight excluding hydrogens is 460 g/mol. The Bertz CT molecular complexity index is 1350. The van der Waals surface area contributed by atoms with Crippen LogP contribution in [0.4, 0.5) is 23.4 Å². The number of ketones is 1. The van der Waals surface area contributed by atoms with Gasteiger partial charge in [0.15, 0.2) is 17.3 Å². The van der Waals surface area contributed by atoms with E-state index >= 15 is 4.39 Å². The molecule has 1 N–H and O–H groups in total. The molecule has 0 fully saturated rings. The van der Waals surface area contributed by atoms with Crippen LogP contribution in [0.5, 0.6) is 23.0 Å². The van der Waals surface area contributed by atoms with E-state index < -0.39 is 53.7 Å². The molecule has 0 atom stereocenters. The van der Waals surface area contributed by atoms with E-state index in [9.17, 15) is 22.8 Å². The third-order valence-corrected chi connectivity index (χ3v) is 4.35. The number of ether oxygens (including phenoxy) is 3. The first-order valence-corrected chi connectivity index (χ1v) is 9.48. The molecule has 0 spiro atoms. The largest absolute Gasteiger partial charge is 0.573 e. The quantitative estimate of drug-likeness (QED) is 0.345. The first-order valence-electron chi connectivity index (χ1n) is 11.0. The molecule has 178 valence electrons. The number of aryl methyl sites for hydroxylation is 1. The molecule has 1 amide bonds. The molecule has 0 saturated heterocycles. The van der Waals surface area contributed by atoms with Crippen molar-refractivity contribution in [2.45, 2.75) is 20.2 Å². The van der Waals surface area contributed by atoms with E-state index in [0.29, 0.717) is 6.07 Å². The van der Waals surface area contributed by atoms with Gasteiger partial charge in [0.05, 0.1) is 11.2 Å². The Morgan fingerprint density at radius 3 is 2.47 bits per heavy atom. The molecule has 0 radical (unpaired) electrons. The minimum Gasteiger partial charge on any atom is -0.493 e. The van der Waals surface area contributed by atoms with Crippen LogP contribution in [-0.4, -0.2) is 30.1 Å². The van der Waals surface area contributed by atoms with Crippen molar-refractivity contribution in [2.24, 2.45) is 0 Å². The number of pyridine rings is 1. The maximum absolute atomic E-state index is 15.1. The molecule has 2 aromatic carbocycles. The Morgan fingerprint density at radius 1 is 1.06 bits per heavy atom. The molecule has 0 bridgehead atoms. The van der Waals surface area contributed by atoms with E-state index in [1.807, 2.05) is 0 Å². The van der Waals surface area contributed by atoms with Gasteiger partial charge < -0.3 is 19.5 Å². The molecule has 0 aliphatic heterocycles. The fourth-order valence-corrected chi connectivity index (χ4v) is 2.81. The number of anilines is 1. The summed E-state index contributed by atoms with van der Waals surface area (Å²) in [6, 6.07) is 9.03. The van der Waals surface area contributed by atoms with Gasteiger partial charge in [-0.05, 0) is 42.8 Å². The maximum Gasteiger partial charge on any atom is 0.573 e. The van der Waals surface area contributed by atoms with Crippen molar-refractivity contribution in [1.29, 1.82) is 0 Å². The smallest absolute Gasteiger partial charge is 0.493 e. The average Bonchev–Trinajstić information content (AvgIpc) is 2.76. The molecule has 0 aliphatic carbocycles. The van der Waals surface area contributed by atoms with Crippen LogP contribution in [0.15, 0.2) is 48.5 Å². The number of methoxy groups -OCH3 is 1. The predicted molar refractivity (Wildman–Crippen MR) is 113 cm³/mol. The van der Waals surface area contributed by atoms with E-state index in [1.165, 1.54) is 44.2 Å². The summed E-state index contributed by atoms with van der Waals surface area (Å²) in [5.74, 6) is -4.81. The molecule has 0 saturated carbocycles. The second kappa shape index (κ2) is 9.77. The number of carbonyl (C=O) groups excluding carboxylic acids is 2. The average molecular weight is 481 g/mol. The van der Waals surface area contributed by atoms with Gasteiger partial charge in [0, 0.05) is 13.0 Å². The lowest BCUT2D eigenvalue weighted by Gasteiger charge is -2.16. The van der Waals surface area contributed by atoms with Crippen LogP contribution >= 0.6 is 0 Å². The van der Waals surface area contributed by atoms with Crippen LogP contribution < -0.4 is 19.5 Å². The number of amides is 1. The van der Waals surface area contributed by atoms with Gasteiger partial charge >= 0.3 is 6.36 Å². The van der Waals surface area contributed by atoms with Gasteiger partial charge in [-0.25, -0.2) is 9.37 Å². The highest BCUT2D eigenvalue weighted by atomic mass is 19.4.